The molecule has 2 aromatic rings. The minimum Gasteiger partial charge on any atom is -0.367 e. The van der Waals surface area contributed by atoms with E-state index >= 15 is 0 Å². The Morgan fingerprint density at radius 2 is 1.94 bits per heavy atom. The highest BCUT2D eigenvalue weighted by Gasteiger charge is 2.32. The molecule has 0 bridgehead atoms. The van der Waals surface area contributed by atoms with E-state index in [2.05, 4.69) is 5.32 Å². The van der Waals surface area contributed by atoms with Crippen molar-refractivity contribution < 1.29 is 4.79 Å². The lowest BCUT2D eigenvalue weighted by Crippen LogP contribution is -2.29. The maximum Gasteiger partial charge on any atom is 0.270 e. The van der Waals surface area contributed by atoms with Gasteiger partial charge in [-0.3, -0.25) is 19.1 Å². The minimum atomic E-state index is -0.339. The smallest absolute Gasteiger partial charge is 0.270 e. The monoisotopic (exact) mass is 452 g/mol. The van der Waals surface area contributed by atoms with Gasteiger partial charge in [0.25, 0.3) is 11.5 Å². The lowest BCUT2D eigenvalue weighted by Gasteiger charge is -2.19. The molecule has 0 radical (unpaired) electrons. The van der Waals surface area contributed by atoms with E-state index < -0.39 is 0 Å². The van der Waals surface area contributed by atoms with Crippen LogP contribution in [0.2, 0.25) is 0 Å². The summed E-state index contributed by atoms with van der Waals surface area (Å²) in [5.41, 5.74) is 2.01. The standard InChI is InChI=1S/C23H24N4O2S2/c1-4-11-27-22(29)19(31-23(27)30)12-17-15(3)18(13-24)21(28)26(5-2)20(17)25-14-16-9-7-6-8-10-16/h6-10,12,25H,4-5,11,14H2,1-3H3/b19-12+. The Hall–Kier alpha value is -2.89. The molecule has 0 aliphatic carbocycles. The zero-order valence-electron chi connectivity index (χ0n) is 17.8. The van der Waals surface area contributed by atoms with Gasteiger partial charge in [-0.25, -0.2) is 0 Å². The third-order valence-electron chi connectivity index (χ3n) is 5.09. The van der Waals surface area contributed by atoms with Crippen molar-refractivity contribution in [2.24, 2.45) is 0 Å². The Labute approximate surface area is 191 Å². The highest BCUT2D eigenvalue weighted by molar-refractivity contribution is 8.26. The first-order valence-electron chi connectivity index (χ1n) is 10.1. The number of anilines is 1. The zero-order chi connectivity index (χ0) is 22.5. The van der Waals surface area contributed by atoms with E-state index in [1.165, 1.54) is 11.8 Å². The number of thiocarbonyl (C=S) groups is 1. The van der Waals surface area contributed by atoms with Crippen molar-refractivity contribution in [3.8, 4) is 6.07 Å². The molecule has 1 aromatic carbocycles. The van der Waals surface area contributed by atoms with Crippen LogP contribution in [0.15, 0.2) is 40.0 Å². The molecule has 0 saturated carbocycles. The van der Waals surface area contributed by atoms with E-state index in [0.29, 0.717) is 45.8 Å². The van der Waals surface area contributed by atoms with Gasteiger partial charge in [0.1, 0.15) is 21.8 Å². The zero-order valence-corrected chi connectivity index (χ0v) is 19.4. The van der Waals surface area contributed by atoms with Gasteiger partial charge in [-0.05, 0) is 37.5 Å². The van der Waals surface area contributed by atoms with Crippen LogP contribution in [0.25, 0.3) is 6.08 Å². The van der Waals surface area contributed by atoms with Crippen LogP contribution in [0.3, 0.4) is 0 Å². The molecule has 0 spiro atoms. The average molecular weight is 453 g/mol. The van der Waals surface area contributed by atoms with Gasteiger partial charge in [0.05, 0.1) is 4.91 Å². The fourth-order valence-corrected chi connectivity index (χ4v) is 4.77. The topological polar surface area (TPSA) is 78.1 Å². The maximum absolute atomic E-state index is 12.9. The number of nitrogens with zero attached hydrogens (tertiary/aromatic N) is 3. The van der Waals surface area contributed by atoms with Crippen LogP contribution in [-0.2, 0) is 17.9 Å². The lowest BCUT2D eigenvalue weighted by molar-refractivity contribution is -0.122. The summed E-state index contributed by atoms with van der Waals surface area (Å²) in [7, 11) is 0. The van der Waals surface area contributed by atoms with Crippen LogP contribution < -0.4 is 10.9 Å². The number of carbonyl (C=O) groups is 1. The number of rotatable bonds is 7. The first kappa shape index (κ1) is 22.8. The quantitative estimate of drug-likeness (QED) is 0.499. The van der Waals surface area contributed by atoms with Gasteiger partial charge in [0.2, 0.25) is 0 Å². The summed E-state index contributed by atoms with van der Waals surface area (Å²) in [6, 6.07) is 11.9. The Kier molecular flexibility index (Phi) is 7.31. The number of hydrogen-bond acceptors (Lipinski definition) is 6. The van der Waals surface area contributed by atoms with Crippen molar-refractivity contribution in [1.29, 1.82) is 5.26 Å². The van der Waals surface area contributed by atoms with Gasteiger partial charge < -0.3 is 5.32 Å². The van der Waals surface area contributed by atoms with Crippen LogP contribution in [0.1, 0.15) is 42.5 Å². The Bertz CT molecular complexity index is 1150. The van der Waals surface area contributed by atoms with E-state index in [4.69, 9.17) is 12.2 Å². The molecule has 0 unspecified atom stereocenters. The lowest BCUT2D eigenvalue weighted by atomic mass is 10.0. The fraction of sp³-hybridized carbons (Fsp3) is 0.304. The van der Waals surface area contributed by atoms with Crippen LogP contribution in [0.4, 0.5) is 5.82 Å². The van der Waals surface area contributed by atoms with Crippen LogP contribution >= 0.6 is 24.0 Å². The molecule has 1 N–H and O–H groups in total. The van der Waals surface area contributed by atoms with Crippen molar-refractivity contribution in [1.82, 2.24) is 9.47 Å². The predicted molar refractivity (Wildman–Crippen MR) is 130 cm³/mol. The summed E-state index contributed by atoms with van der Waals surface area (Å²) in [6.45, 7) is 7.06. The van der Waals surface area contributed by atoms with Crippen molar-refractivity contribution in [3.05, 3.63) is 67.8 Å². The average Bonchev–Trinajstić information content (AvgIpc) is 3.03. The SMILES string of the molecule is CCCN1C(=O)/C(=C\c2c(C)c(C#N)c(=O)n(CC)c2NCc2ccccc2)SC1=S. The van der Waals surface area contributed by atoms with Crippen molar-refractivity contribution in [2.45, 2.75) is 40.3 Å². The van der Waals surface area contributed by atoms with E-state index in [1.807, 2.05) is 50.2 Å². The molecule has 1 saturated heterocycles. The predicted octanol–water partition coefficient (Wildman–Crippen LogP) is 4.27. The number of aromatic nitrogens is 1. The van der Waals surface area contributed by atoms with Crippen LogP contribution in [-0.4, -0.2) is 26.2 Å². The minimum absolute atomic E-state index is 0.0856. The summed E-state index contributed by atoms with van der Waals surface area (Å²) < 4.78 is 2.08. The fourth-order valence-electron chi connectivity index (χ4n) is 3.48. The van der Waals surface area contributed by atoms with Crippen LogP contribution in [0, 0.1) is 18.3 Å². The number of nitriles is 1. The first-order chi connectivity index (χ1) is 14.9. The number of hydrogen-bond donors (Lipinski definition) is 1. The number of pyridine rings is 1. The Balaban J connectivity index is 2.14. The molecule has 1 aromatic heterocycles. The third kappa shape index (κ3) is 4.58. The number of nitrogens with one attached hydrogen (secondary N) is 1. The highest BCUT2D eigenvalue weighted by atomic mass is 32.2. The molecule has 1 aliphatic heterocycles. The largest absolute Gasteiger partial charge is 0.367 e. The molecule has 1 fully saturated rings. The van der Waals surface area contributed by atoms with Gasteiger partial charge >= 0.3 is 0 Å². The molecule has 31 heavy (non-hydrogen) atoms. The van der Waals surface area contributed by atoms with Gasteiger partial charge in [-0.15, -0.1) is 0 Å². The van der Waals surface area contributed by atoms with Crippen molar-refractivity contribution in [3.63, 3.8) is 0 Å². The molecule has 0 atom stereocenters. The number of amides is 1. The highest BCUT2D eigenvalue weighted by Crippen LogP contribution is 2.35. The van der Waals surface area contributed by atoms with E-state index in [0.717, 1.165) is 12.0 Å². The molecule has 160 valence electrons. The molecule has 6 nitrogen and oxygen atoms in total. The second kappa shape index (κ2) is 9.94. The summed E-state index contributed by atoms with van der Waals surface area (Å²) >= 11 is 6.63. The Morgan fingerprint density at radius 3 is 2.55 bits per heavy atom. The van der Waals surface area contributed by atoms with Gasteiger partial charge in [0.15, 0.2) is 0 Å². The normalized spacial score (nSPS) is 14.9. The van der Waals surface area contributed by atoms with E-state index in [1.54, 1.807) is 22.5 Å². The first-order valence-corrected chi connectivity index (χ1v) is 11.4. The molecule has 8 heteroatoms. The summed E-state index contributed by atoms with van der Waals surface area (Å²) in [4.78, 5) is 27.9. The molecular weight excluding hydrogens is 428 g/mol. The molecule has 1 aliphatic rings. The number of benzene rings is 1. The summed E-state index contributed by atoms with van der Waals surface area (Å²) in [5.74, 6) is 0.451. The van der Waals surface area contributed by atoms with Crippen molar-refractivity contribution in [2.75, 3.05) is 11.9 Å². The molecular formula is C23H24N4O2S2. The molecule has 2 heterocycles. The second-order valence-electron chi connectivity index (χ2n) is 7.10. The van der Waals surface area contributed by atoms with Gasteiger partial charge in [-0.1, -0.05) is 61.2 Å². The van der Waals surface area contributed by atoms with Gasteiger partial charge in [-0.2, -0.15) is 5.26 Å². The Morgan fingerprint density at radius 1 is 1.23 bits per heavy atom. The van der Waals surface area contributed by atoms with Crippen LogP contribution in [0.5, 0.6) is 0 Å². The van der Waals surface area contributed by atoms with Crippen molar-refractivity contribution >= 4 is 46.1 Å². The molecule has 3 rings (SSSR count). The van der Waals surface area contributed by atoms with Gasteiger partial charge in [0, 0.05) is 25.2 Å². The van der Waals surface area contributed by atoms with E-state index in [-0.39, 0.29) is 17.0 Å². The number of carbonyl (C=O) groups excluding carboxylic acids is 1. The summed E-state index contributed by atoms with van der Waals surface area (Å²) in [5, 5.41) is 13.0. The van der Waals surface area contributed by atoms with E-state index in [9.17, 15) is 14.9 Å². The third-order valence-corrected chi connectivity index (χ3v) is 6.47. The maximum atomic E-state index is 12.9. The molecule has 1 amide bonds. The summed E-state index contributed by atoms with van der Waals surface area (Å²) in [6.07, 6.45) is 2.56. The second-order valence-corrected chi connectivity index (χ2v) is 8.77. The number of thioether (sulfide) groups is 1.